The Kier molecular flexibility index (Phi) is 2.38. The molecule has 0 aliphatic heterocycles. The fourth-order valence-corrected chi connectivity index (χ4v) is 1.04. The number of nitrogens with zero attached hydrogens (tertiary/aromatic N) is 1. The zero-order valence-electron chi connectivity index (χ0n) is 6.44. The summed E-state index contributed by atoms with van der Waals surface area (Å²) >= 11 is 5.63. The lowest BCUT2D eigenvalue weighted by Gasteiger charge is -2.17. The first-order chi connectivity index (χ1) is 5.96. The van der Waals surface area contributed by atoms with Crippen molar-refractivity contribution in [2.75, 3.05) is 0 Å². The lowest BCUT2D eigenvalue weighted by molar-refractivity contribution is -0.419. The maximum Gasteiger partial charge on any atom is 0.329 e. The average Bonchev–Trinajstić information content (AvgIpc) is 2.04. The van der Waals surface area contributed by atoms with Crippen LogP contribution in [0.3, 0.4) is 0 Å². The predicted octanol–water partition coefficient (Wildman–Crippen LogP) is 1.17. The summed E-state index contributed by atoms with van der Waals surface area (Å²) < 4.78 is 0. The normalized spacial score (nSPS) is 26.7. The Balaban J connectivity index is 2.85. The number of carboxylic acid groups (broad SMARTS) is 1. The predicted molar refractivity (Wildman–Crippen MR) is 45.1 cm³/mol. The van der Waals surface area contributed by atoms with Gasteiger partial charge in [0.25, 0.3) is 5.70 Å². The van der Waals surface area contributed by atoms with Gasteiger partial charge < -0.3 is 5.11 Å². The zero-order chi connectivity index (χ0) is 10.1. The van der Waals surface area contributed by atoms with Crippen LogP contribution in [0, 0.1) is 10.1 Å². The lowest BCUT2D eigenvalue weighted by Crippen LogP contribution is -2.31. The molecule has 1 N–H and O–H groups in total. The monoisotopic (exact) mass is 203 g/mol. The Morgan fingerprint density at radius 1 is 1.77 bits per heavy atom. The molecule has 0 aromatic carbocycles. The van der Waals surface area contributed by atoms with Gasteiger partial charge in [-0.1, -0.05) is 0 Å². The summed E-state index contributed by atoms with van der Waals surface area (Å²) in [4.78, 5) is 18.7. The maximum absolute atomic E-state index is 10.6. The molecular weight excluding hydrogens is 198 g/mol. The molecular formula is C7H6ClNO4. The number of carboxylic acids is 1. The number of aliphatic carboxylic acids is 1. The van der Waals surface area contributed by atoms with Gasteiger partial charge in [-0.15, -0.1) is 11.6 Å². The molecule has 0 saturated heterocycles. The minimum absolute atomic E-state index is 0.0727. The van der Waals surface area contributed by atoms with E-state index in [4.69, 9.17) is 16.7 Å². The van der Waals surface area contributed by atoms with Crippen LogP contribution in [0.4, 0.5) is 0 Å². The van der Waals surface area contributed by atoms with Gasteiger partial charge in [0.1, 0.15) is 0 Å². The van der Waals surface area contributed by atoms with E-state index in [1.165, 1.54) is 6.08 Å². The summed E-state index contributed by atoms with van der Waals surface area (Å²) in [5.41, 5.74) is -0.127. The molecule has 0 saturated carbocycles. The molecule has 0 spiro atoms. The van der Waals surface area contributed by atoms with Gasteiger partial charge in [-0.3, -0.25) is 10.1 Å². The van der Waals surface area contributed by atoms with Gasteiger partial charge in [0.15, 0.2) is 4.87 Å². The van der Waals surface area contributed by atoms with Gasteiger partial charge in [0.2, 0.25) is 0 Å². The van der Waals surface area contributed by atoms with Crippen molar-refractivity contribution in [1.29, 1.82) is 0 Å². The molecule has 1 aliphatic rings. The molecule has 0 fully saturated rings. The van der Waals surface area contributed by atoms with Gasteiger partial charge in [0.05, 0.1) is 4.92 Å². The summed E-state index contributed by atoms with van der Waals surface area (Å²) in [6, 6.07) is 0. The van der Waals surface area contributed by atoms with Crippen molar-refractivity contribution in [3.63, 3.8) is 0 Å². The summed E-state index contributed by atoms with van der Waals surface area (Å²) in [6.07, 6.45) is 3.34. The van der Waals surface area contributed by atoms with Crippen LogP contribution in [0.25, 0.3) is 0 Å². The van der Waals surface area contributed by atoms with Crippen LogP contribution < -0.4 is 0 Å². The summed E-state index contributed by atoms with van der Waals surface area (Å²) in [5, 5.41) is 18.9. The van der Waals surface area contributed by atoms with E-state index in [1.54, 1.807) is 0 Å². The molecule has 6 heteroatoms. The highest BCUT2D eigenvalue weighted by molar-refractivity contribution is 6.35. The standard InChI is InChI=1S/C7H6ClNO4/c8-7(6(10)11)3-1-5(2-4-7)9(12)13/h1-3H,4H2,(H,10,11). The van der Waals surface area contributed by atoms with Crippen LogP contribution in [0.5, 0.6) is 0 Å². The molecule has 13 heavy (non-hydrogen) atoms. The Morgan fingerprint density at radius 3 is 2.69 bits per heavy atom. The lowest BCUT2D eigenvalue weighted by atomic mass is 9.99. The van der Waals surface area contributed by atoms with Crippen LogP contribution in [0.15, 0.2) is 23.9 Å². The number of halogens is 1. The van der Waals surface area contributed by atoms with Crippen LogP contribution >= 0.6 is 11.6 Å². The van der Waals surface area contributed by atoms with Crippen LogP contribution in [-0.4, -0.2) is 20.9 Å². The molecule has 0 radical (unpaired) electrons. The second-order valence-electron chi connectivity index (χ2n) is 2.59. The first-order valence-electron chi connectivity index (χ1n) is 3.42. The highest BCUT2D eigenvalue weighted by Gasteiger charge is 2.35. The van der Waals surface area contributed by atoms with E-state index in [1.807, 2.05) is 0 Å². The largest absolute Gasteiger partial charge is 0.480 e. The fraction of sp³-hybridized carbons (Fsp3) is 0.286. The van der Waals surface area contributed by atoms with Gasteiger partial charge in [-0.05, 0) is 12.2 Å². The second-order valence-corrected chi connectivity index (χ2v) is 3.27. The molecule has 0 heterocycles. The number of allylic oxidation sites excluding steroid dienone is 2. The van der Waals surface area contributed by atoms with E-state index < -0.39 is 15.8 Å². The SMILES string of the molecule is O=C(O)C1(Cl)C=CC([N+](=O)[O-])=CC1. The number of nitro groups is 1. The topological polar surface area (TPSA) is 80.4 Å². The van der Waals surface area contributed by atoms with Gasteiger partial charge in [0, 0.05) is 12.5 Å². The average molecular weight is 204 g/mol. The first kappa shape index (κ1) is 9.73. The zero-order valence-corrected chi connectivity index (χ0v) is 7.19. The van der Waals surface area contributed by atoms with E-state index >= 15 is 0 Å². The Bertz CT molecular complexity index is 322. The Labute approximate surface area is 78.5 Å². The Morgan fingerprint density at radius 2 is 2.38 bits per heavy atom. The molecule has 0 aromatic rings. The number of hydrogen-bond acceptors (Lipinski definition) is 3. The molecule has 1 rings (SSSR count). The van der Waals surface area contributed by atoms with Crippen molar-refractivity contribution >= 4 is 17.6 Å². The third-order valence-electron chi connectivity index (χ3n) is 1.69. The van der Waals surface area contributed by atoms with E-state index in [2.05, 4.69) is 0 Å². The first-order valence-corrected chi connectivity index (χ1v) is 3.79. The van der Waals surface area contributed by atoms with E-state index in [0.29, 0.717) is 0 Å². The van der Waals surface area contributed by atoms with Gasteiger partial charge in [-0.2, -0.15) is 0 Å². The van der Waals surface area contributed by atoms with Crippen LogP contribution in [-0.2, 0) is 4.79 Å². The highest BCUT2D eigenvalue weighted by Crippen LogP contribution is 2.28. The van der Waals surface area contributed by atoms with Crippen molar-refractivity contribution in [2.45, 2.75) is 11.3 Å². The molecule has 0 amide bonds. The quantitative estimate of drug-likeness (QED) is 0.415. The van der Waals surface area contributed by atoms with Crippen LogP contribution in [0.1, 0.15) is 6.42 Å². The number of alkyl halides is 1. The fourth-order valence-electron chi connectivity index (χ4n) is 0.901. The Hall–Kier alpha value is -1.36. The molecule has 1 unspecified atom stereocenters. The second kappa shape index (κ2) is 3.18. The molecule has 1 atom stereocenters. The summed E-state index contributed by atoms with van der Waals surface area (Å²) in [7, 11) is 0. The molecule has 70 valence electrons. The third kappa shape index (κ3) is 1.86. The highest BCUT2D eigenvalue weighted by atomic mass is 35.5. The van der Waals surface area contributed by atoms with Crippen molar-refractivity contribution < 1.29 is 14.8 Å². The van der Waals surface area contributed by atoms with E-state index in [0.717, 1.165) is 12.2 Å². The molecule has 5 nitrogen and oxygen atoms in total. The minimum atomic E-state index is -1.53. The molecule has 0 bridgehead atoms. The smallest absolute Gasteiger partial charge is 0.329 e. The van der Waals surface area contributed by atoms with Gasteiger partial charge in [-0.25, -0.2) is 4.79 Å². The van der Waals surface area contributed by atoms with Crippen molar-refractivity contribution in [3.8, 4) is 0 Å². The van der Waals surface area contributed by atoms with Crippen molar-refractivity contribution in [3.05, 3.63) is 34.0 Å². The maximum atomic E-state index is 10.6. The minimum Gasteiger partial charge on any atom is -0.480 e. The van der Waals surface area contributed by atoms with Crippen molar-refractivity contribution in [2.24, 2.45) is 0 Å². The summed E-state index contributed by atoms with van der Waals surface area (Å²) in [6.45, 7) is 0. The van der Waals surface area contributed by atoms with E-state index in [-0.39, 0.29) is 12.1 Å². The number of hydrogen-bond donors (Lipinski definition) is 1. The van der Waals surface area contributed by atoms with Crippen LogP contribution in [0.2, 0.25) is 0 Å². The summed E-state index contributed by atoms with van der Waals surface area (Å²) in [5.74, 6) is -1.20. The number of rotatable bonds is 2. The molecule has 0 aromatic heterocycles. The third-order valence-corrected chi connectivity index (χ3v) is 2.13. The number of carbonyl (C=O) groups is 1. The van der Waals surface area contributed by atoms with E-state index in [9.17, 15) is 14.9 Å². The van der Waals surface area contributed by atoms with Crippen molar-refractivity contribution in [1.82, 2.24) is 0 Å². The van der Waals surface area contributed by atoms with Gasteiger partial charge >= 0.3 is 5.97 Å². The molecule has 1 aliphatic carbocycles.